The number of carbonyl (C=O) groups excluding carboxylic acids is 5. The van der Waals surface area contributed by atoms with E-state index in [1.807, 2.05) is 0 Å². The Morgan fingerprint density at radius 3 is 1.52 bits per heavy atom. The minimum atomic E-state index is -1.37. The van der Waals surface area contributed by atoms with Gasteiger partial charge in [0.15, 0.2) is 24.5 Å². The van der Waals surface area contributed by atoms with Crippen LogP contribution in [0.4, 0.5) is 0 Å². The summed E-state index contributed by atoms with van der Waals surface area (Å²) < 4.78 is 27.1. The molecule has 1 aliphatic heterocycles. The third-order valence-electron chi connectivity index (χ3n) is 7.48. The van der Waals surface area contributed by atoms with Crippen LogP contribution < -0.4 is 11.1 Å². The fourth-order valence-corrected chi connectivity index (χ4v) is 5.28. The molecular formula is C32H56N2O10. The Morgan fingerprint density at radius 1 is 0.636 bits per heavy atom. The summed E-state index contributed by atoms with van der Waals surface area (Å²) in [5.74, 6) is -3.42. The lowest BCUT2D eigenvalue weighted by Gasteiger charge is -2.44. The van der Waals surface area contributed by atoms with Crippen molar-refractivity contribution >= 4 is 29.8 Å². The molecule has 0 aromatic carbocycles. The predicted molar refractivity (Wildman–Crippen MR) is 163 cm³/mol. The molecule has 3 N–H and O–H groups in total. The maximum absolute atomic E-state index is 13.0. The summed E-state index contributed by atoms with van der Waals surface area (Å²) in [6.07, 6.45) is 11.0. The van der Waals surface area contributed by atoms with Crippen molar-refractivity contribution in [3.63, 3.8) is 0 Å². The lowest BCUT2D eigenvalue weighted by atomic mass is 9.96. The van der Waals surface area contributed by atoms with Gasteiger partial charge in [-0.1, -0.05) is 96.8 Å². The van der Waals surface area contributed by atoms with Crippen LogP contribution in [0.1, 0.15) is 131 Å². The topological polar surface area (TPSA) is 170 Å². The first-order chi connectivity index (χ1) is 21.0. The van der Waals surface area contributed by atoms with E-state index in [-0.39, 0.29) is 6.61 Å². The molecule has 0 radical (unpaired) electrons. The summed E-state index contributed by atoms with van der Waals surface area (Å²) >= 11 is 0. The Kier molecular flexibility index (Phi) is 20.3. The lowest BCUT2D eigenvalue weighted by Crippen LogP contribution is -2.67. The summed E-state index contributed by atoms with van der Waals surface area (Å²) in [5, 5.41) is 2.63. The third kappa shape index (κ3) is 16.9. The molecule has 1 fully saturated rings. The first kappa shape index (κ1) is 39.3. The molecule has 0 aromatic rings. The molecule has 6 atom stereocenters. The van der Waals surface area contributed by atoms with Crippen LogP contribution in [-0.4, -0.2) is 73.1 Å². The largest absolute Gasteiger partial charge is 0.463 e. The zero-order valence-electron chi connectivity index (χ0n) is 27.4. The molecule has 254 valence electrons. The first-order valence-corrected chi connectivity index (χ1v) is 16.3. The van der Waals surface area contributed by atoms with E-state index in [4.69, 9.17) is 29.4 Å². The molecule has 1 amide bonds. The molecule has 0 saturated carbocycles. The number of rotatable bonds is 22. The second-order valence-corrected chi connectivity index (χ2v) is 11.6. The van der Waals surface area contributed by atoms with Crippen LogP contribution in [0.2, 0.25) is 0 Å². The Hall–Kier alpha value is -2.73. The van der Waals surface area contributed by atoms with Gasteiger partial charge in [-0.3, -0.25) is 24.0 Å². The summed E-state index contributed by atoms with van der Waals surface area (Å²) in [5.41, 5.74) is 6.17. The van der Waals surface area contributed by atoms with Gasteiger partial charge in [0.05, 0.1) is 6.04 Å². The van der Waals surface area contributed by atoms with Crippen molar-refractivity contribution < 1.29 is 47.7 Å². The highest BCUT2D eigenvalue weighted by Crippen LogP contribution is 2.28. The van der Waals surface area contributed by atoms with Crippen molar-refractivity contribution in [2.24, 2.45) is 5.73 Å². The number of amides is 1. The standard InChI is InChI=1S/C32H56N2O10/c1-6-7-8-9-10-11-12-13-14-15-16-17-18-19-20-26(33)31(39)34-32-30(43-25(5)38)29(42-24(4)37)28(41-23(3)36)27(44-32)21-40-22(2)35/h26-30,32H,6-21,33H2,1-5H3,(H,34,39)/t26-,27+,28+,29-,30+,32+/m0/s1. The Morgan fingerprint density at radius 2 is 1.07 bits per heavy atom. The molecule has 0 aliphatic carbocycles. The zero-order valence-corrected chi connectivity index (χ0v) is 27.4. The van der Waals surface area contributed by atoms with Crippen molar-refractivity contribution in [3.05, 3.63) is 0 Å². The number of ether oxygens (including phenoxy) is 5. The molecule has 0 spiro atoms. The fraction of sp³-hybridized carbons (Fsp3) is 0.844. The van der Waals surface area contributed by atoms with Crippen LogP contribution >= 0.6 is 0 Å². The van der Waals surface area contributed by atoms with Gasteiger partial charge in [0.1, 0.15) is 12.7 Å². The minimum absolute atomic E-state index is 0.380. The van der Waals surface area contributed by atoms with E-state index < -0.39 is 66.5 Å². The molecule has 12 nitrogen and oxygen atoms in total. The average Bonchev–Trinajstić information content (AvgIpc) is 2.94. The number of unbranched alkanes of at least 4 members (excludes halogenated alkanes) is 13. The van der Waals surface area contributed by atoms with Gasteiger partial charge in [0.25, 0.3) is 0 Å². The number of esters is 4. The number of nitrogens with one attached hydrogen (secondary N) is 1. The molecule has 1 aliphatic rings. The van der Waals surface area contributed by atoms with Crippen LogP contribution in [0.25, 0.3) is 0 Å². The Labute approximate surface area is 262 Å². The van der Waals surface area contributed by atoms with Crippen LogP contribution in [0.3, 0.4) is 0 Å². The van der Waals surface area contributed by atoms with Gasteiger partial charge in [-0.05, 0) is 6.42 Å². The molecule has 0 aromatic heterocycles. The van der Waals surface area contributed by atoms with Gasteiger partial charge in [-0.25, -0.2) is 0 Å². The molecule has 1 rings (SSSR count). The van der Waals surface area contributed by atoms with Crippen LogP contribution in [0, 0.1) is 0 Å². The van der Waals surface area contributed by atoms with Crippen molar-refractivity contribution in [1.29, 1.82) is 0 Å². The smallest absolute Gasteiger partial charge is 0.303 e. The summed E-state index contributed by atoms with van der Waals surface area (Å²) in [6, 6.07) is -0.862. The van der Waals surface area contributed by atoms with Gasteiger partial charge in [-0.15, -0.1) is 0 Å². The molecule has 0 bridgehead atoms. The molecule has 0 unspecified atom stereocenters. The van der Waals surface area contributed by atoms with Crippen molar-refractivity contribution in [2.45, 2.75) is 168 Å². The third-order valence-corrected chi connectivity index (χ3v) is 7.48. The van der Waals surface area contributed by atoms with Crippen LogP contribution in [0.15, 0.2) is 0 Å². The van der Waals surface area contributed by atoms with Crippen molar-refractivity contribution in [3.8, 4) is 0 Å². The minimum Gasteiger partial charge on any atom is -0.463 e. The van der Waals surface area contributed by atoms with Gasteiger partial charge in [-0.2, -0.15) is 0 Å². The van der Waals surface area contributed by atoms with Crippen LogP contribution in [-0.2, 0) is 47.7 Å². The van der Waals surface area contributed by atoms with Gasteiger partial charge >= 0.3 is 23.9 Å². The van der Waals surface area contributed by atoms with Crippen molar-refractivity contribution in [2.75, 3.05) is 6.61 Å². The van der Waals surface area contributed by atoms with E-state index in [9.17, 15) is 24.0 Å². The molecule has 44 heavy (non-hydrogen) atoms. The average molecular weight is 629 g/mol. The molecular weight excluding hydrogens is 572 g/mol. The normalized spacial score (nSPS) is 22.0. The van der Waals surface area contributed by atoms with E-state index in [0.29, 0.717) is 6.42 Å². The highest BCUT2D eigenvalue weighted by atomic mass is 16.7. The molecule has 1 saturated heterocycles. The highest BCUT2D eigenvalue weighted by Gasteiger charge is 2.52. The highest BCUT2D eigenvalue weighted by molar-refractivity contribution is 5.81. The van der Waals surface area contributed by atoms with E-state index >= 15 is 0 Å². The maximum Gasteiger partial charge on any atom is 0.303 e. The van der Waals surface area contributed by atoms with E-state index in [2.05, 4.69) is 12.2 Å². The second-order valence-electron chi connectivity index (χ2n) is 11.6. The van der Waals surface area contributed by atoms with E-state index in [0.717, 1.165) is 46.5 Å². The summed E-state index contributed by atoms with van der Waals surface area (Å²) in [4.78, 5) is 60.3. The quantitative estimate of drug-likeness (QED) is 0.0991. The second kappa shape index (κ2) is 22.7. The number of hydrogen-bond acceptors (Lipinski definition) is 11. The lowest BCUT2D eigenvalue weighted by molar-refractivity contribution is -0.257. The van der Waals surface area contributed by atoms with E-state index in [1.165, 1.54) is 71.1 Å². The van der Waals surface area contributed by atoms with Crippen LogP contribution in [0.5, 0.6) is 0 Å². The first-order valence-electron chi connectivity index (χ1n) is 16.3. The Balaban J connectivity index is 2.63. The van der Waals surface area contributed by atoms with Gasteiger partial charge < -0.3 is 34.7 Å². The van der Waals surface area contributed by atoms with E-state index in [1.54, 1.807) is 0 Å². The summed E-state index contributed by atoms with van der Waals surface area (Å²) in [7, 11) is 0. The van der Waals surface area contributed by atoms with Gasteiger partial charge in [0.2, 0.25) is 5.91 Å². The molecule has 12 heteroatoms. The number of nitrogens with two attached hydrogens (primary N) is 1. The predicted octanol–water partition coefficient (Wildman–Crippen LogP) is 4.38. The SMILES string of the molecule is CCCCCCCCCCCCCCCC[C@H](N)C(=O)N[C@@H]1O[C@H](COC(C)=O)[C@@H](OC(C)=O)[C@H](OC(C)=O)[C@H]1OC(C)=O. The monoisotopic (exact) mass is 628 g/mol. The number of carbonyl (C=O) groups is 5. The molecule has 1 heterocycles. The summed E-state index contributed by atoms with van der Waals surface area (Å²) in [6.45, 7) is 6.45. The van der Waals surface area contributed by atoms with Gasteiger partial charge in [0, 0.05) is 27.7 Å². The zero-order chi connectivity index (χ0) is 32.9. The Bertz CT molecular complexity index is 883. The fourth-order valence-electron chi connectivity index (χ4n) is 5.28. The maximum atomic E-state index is 13.0. The van der Waals surface area contributed by atoms with Crippen molar-refractivity contribution in [1.82, 2.24) is 5.32 Å². The number of hydrogen-bond donors (Lipinski definition) is 2.